The Bertz CT molecular complexity index is 1200. The van der Waals surface area contributed by atoms with Gasteiger partial charge in [-0.15, -0.1) is 11.3 Å². The van der Waals surface area contributed by atoms with E-state index in [1.165, 1.54) is 0 Å². The van der Waals surface area contributed by atoms with Crippen molar-refractivity contribution in [2.45, 2.75) is 26.2 Å². The van der Waals surface area contributed by atoms with Crippen molar-refractivity contribution in [3.63, 3.8) is 0 Å². The molecule has 2 aliphatic heterocycles. The van der Waals surface area contributed by atoms with E-state index in [-0.39, 0.29) is 37.6 Å². The minimum atomic E-state index is -0.385. The molecule has 3 aromatic rings. The number of thiazole rings is 1. The van der Waals surface area contributed by atoms with Crippen LogP contribution in [0.15, 0.2) is 48.0 Å². The molecule has 1 saturated heterocycles. The van der Waals surface area contributed by atoms with Crippen LogP contribution < -0.4 is 9.47 Å². The van der Waals surface area contributed by atoms with Gasteiger partial charge in [0, 0.05) is 30.2 Å². The molecule has 2 amide bonds. The first-order valence-corrected chi connectivity index (χ1v) is 12.3. The molecule has 1 atom stereocenters. The van der Waals surface area contributed by atoms with Gasteiger partial charge in [0.15, 0.2) is 11.5 Å². The molecule has 1 aromatic carbocycles. The fraction of sp³-hybridized carbons (Fsp3) is 0.360. The highest BCUT2D eigenvalue weighted by atomic mass is 32.1. The summed E-state index contributed by atoms with van der Waals surface area (Å²) in [5.74, 6) is 0.742. The SMILES string of the molecule is Cc1nc(CN2CC(OCc3ccccn3)CN(C(=O)c3ccc4c(c3)OCCO4)CC2=O)cs1. The third-order valence-corrected chi connectivity index (χ3v) is 6.64. The predicted molar refractivity (Wildman–Crippen MR) is 128 cm³/mol. The molecule has 1 unspecified atom stereocenters. The number of aromatic nitrogens is 2. The zero-order chi connectivity index (χ0) is 24.2. The van der Waals surface area contributed by atoms with E-state index < -0.39 is 0 Å². The number of nitrogens with zero attached hydrogens (tertiary/aromatic N) is 4. The van der Waals surface area contributed by atoms with Gasteiger partial charge in [-0.2, -0.15) is 0 Å². The zero-order valence-electron chi connectivity index (χ0n) is 19.4. The highest BCUT2D eigenvalue weighted by Crippen LogP contribution is 2.31. The van der Waals surface area contributed by atoms with E-state index in [2.05, 4.69) is 9.97 Å². The Labute approximate surface area is 207 Å². The molecular weight excluding hydrogens is 468 g/mol. The quantitative estimate of drug-likeness (QED) is 0.520. The van der Waals surface area contributed by atoms with E-state index in [0.29, 0.717) is 43.4 Å². The Kier molecular flexibility index (Phi) is 6.91. The minimum absolute atomic E-state index is 0.0418. The Morgan fingerprint density at radius 2 is 2.00 bits per heavy atom. The van der Waals surface area contributed by atoms with Crippen LogP contribution in [0.2, 0.25) is 0 Å². The second-order valence-corrected chi connectivity index (χ2v) is 9.49. The third-order valence-electron chi connectivity index (χ3n) is 5.82. The summed E-state index contributed by atoms with van der Waals surface area (Å²) in [5, 5.41) is 2.90. The summed E-state index contributed by atoms with van der Waals surface area (Å²) in [6.07, 6.45) is 1.33. The molecule has 182 valence electrons. The lowest BCUT2D eigenvalue weighted by molar-refractivity contribution is -0.132. The molecule has 0 spiro atoms. The maximum Gasteiger partial charge on any atom is 0.254 e. The first-order chi connectivity index (χ1) is 17.0. The summed E-state index contributed by atoms with van der Waals surface area (Å²) in [6, 6.07) is 10.7. The highest BCUT2D eigenvalue weighted by molar-refractivity contribution is 7.09. The number of carbonyl (C=O) groups excluding carboxylic acids is 2. The Morgan fingerprint density at radius 3 is 2.77 bits per heavy atom. The van der Waals surface area contributed by atoms with E-state index in [0.717, 1.165) is 16.4 Å². The van der Waals surface area contributed by atoms with Gasteiger partial charge in [0.25, 0.3) is 5.91 Å². The number of carbonyl (C=O) groups is 2. The molecule has 2 aliphatic rings. The van der Waals surface area contributed by atoms with Crippen molar-refractivity contribution in [3.8, 4) is 11.5 Å². The van der Waals surface area contributed by atoms with E-state index >= 15 is 0 Å². The van der Waals surface area contributed by atoms with Crippen molar-refractivity contribution in [1.82, 2.24) is 19.8 Å². The molecule has 0 saturated carbocycles. The molecule has 0 aliphatic carbocycles. The number of fused-ring (bicyclic) bond motifs is 1. The molecule has 0 N–H and O–H groups in total. The van der Waals surface area contributed by atoms with Crippen molar-refractivity contribution in [2.75, 3.05) is 32.8 Å². The van der Waals surface area contributed by atoms with Gasteiger partial charge in [-0.3, -0.25) is 14.6 Å². The lowest BCUT2D eigenvalue weighted by Gasteiger charge is -2.25. The van der Waals surface area contributed by atoms with Crippen LogP contribution in [0, 0.1) is 6.92 Å². The van der Waals surface area contributed by atoms with Crippen LogP contribution in [0.25, 0.3) is 0 Å². The van der Waals surface area contributed by atoms with Crippen LogP contribution in [0.1, 0.15) is 26.8 Å². The highest BCUT2D eigenvalue weighted by Gasteiger charge is 2.32. The number of benzene rings is 1. The summed E-state index contributed by atoms with van der Waals surface area (Å²) in [4.78, 5) is 38.7. The van der Waals surface area contributed by atoms with Crippen molar-refractivity contribution in [2.24, 2.45) is 0 Å². The largest absolute Gasteiger partial charge is 0.486 e. The standard InChI is InChI=1S/C25H26N4O5S/c1-17-27-20(16-35-17)11-28-12-21(34-15-19-4-2-3-7-26-19)13-29(14-24(28)30)25(31)18-5-6-22-23(10-18)33-9-8-32-22/h2-7,10,16,21H,8-9,11-15H2,1H3. The third kappa shape index (κ3) is 5.60. The monoisotopic (exact) mass is 494 g/mol. The van der Waals surface area contributed by atoms with Crippen LogP contribution in [0.5, 0.6) is 11.5 Å². The molecule has 5 rings (SSSR count). The van der Waals surface area contributed by atoms with Gasteiger partial charge in [-0.25, -0.2) is 4.98 Å². The van der Waals surface area contributed by atoms with Gasteiger partial charge in [-0.1, -0.05) is 6.07 Å². The molecule has 9 nitrogen and oxygen atoms in total. The average Bonchev–Trinajstić information content (AvgIpc) is 3.23. The summed E-state index contributed by atoms with van der Waals surface area (Å²) >= 11 is 1.55. The van der Waals surface area contributed by atoms with Gasteiger partial charge in [-0.05, 0) is 37.3 Å². The fourth-order valence-electron chi connectivity index (χ4n) is 4.11. The van der Waals surface area contributed by atoms with Crippen LogP contribution in [-0.4, -0.2) is 70.5 Å². The molecule has 0 bridgehead atoms. The molecule has 1 fully saturated rings. The van der Waals surface area contributed by atoms with Crippen molar-refractivity contribution in [1.29, 1.82) is 0 Å². The summed E-state index contributed by atoms with van der Waals surface area (Å²) < 4.78 is 17.4. The summed E-state index contributed by atoms with van der Waals surface area (Å²) in [7, 11) is 0. The van der Waals surface area contributed by atoms with Gasteiger partial charge >= 0.3 is 0 Å². The van der Waals surface area contributed by atoms with E-state index in [4.69, 9.17) is 14.2 Å². The number of hydrogen-bond donors (Lipinski definition) is 0. The second-order valence-electron chi connectivity index (χ2n) is 8.43. The maximum atomic E-state index is 13.5. The Morgan fingerprint density at radius 1 is 1.14 bits per heavy atom. The van der Waals surface area contributed by atoms with Gasteiger partial charge in [0.1, 0.15) is 19.8 Å². The lowest BCUT2D eigenvalue weighted by atomic mass is 10.1. The van der Waals surface area contributed by atoms with E-state index in [1.807, 2.05) is 30.5 Å². The Balaban J connectivity index is 1.36. The molecule has 10 heteroatoms. The van der Waals surface area contributed by atoms with Crippen LogP contribution >= 0.6 is 11.3 Å². The van der Waals surface area contributed by atoms with Gasteiger partial charge in [0.05, 0.1) is 35.7 Å². The van der Waals surface area contributed by atoms with Crippen LogP contribution in [0.4, 0.5) is 0 Å². The first-order valence-electron chi connectivity index (χ1n) is 11.4. The van der Waals surface area contributed by atoms with Crippen molar-refractivity contribution in [3.05, 3.63) is 69.9 Å². The molecule has 35 heavy (non-hydrogen) atoms. The van der Waals surface area contributed by atoms with E-state index in [9.17, 15) is 9.59 Å². The van der Waals surface area contributed by atoms with Crippen LogP contribution in [-0.2, 0) is 22.7 Å². The number of amides is 2. The number of rotatable bonds is 6. The number of ether oxygens (including phenoxy) is 3. The van der Waals surface area contributed by atoms with Gasteiger partial charge < -0.3 is 24.0 Å². The number of hydrogen-bond acceptors (Lipinski definition) is 8. The van der Waals surface area contributed by atoms with Crippen LogP contribution in [0.3, 0.4) is 0 Å². The lowest BCUT2D eigenvalue weighted by Crippen LogP contribution is -2.39. The normalized spacial score (nSPS) is 17.9. The second kappa shape index (κ2) is 10.4. The smallest absolute Gasteiger partial charge is 0.254 e. The topological polar surface area (TPSA) is 94.1 Å². The molecular formula is C25H26N4O5S. The average molecular weight is 495 g/mol. The van der Waals surface area contributed by atoms with E-state index in [1.54, 1.807) is 45.5 Å². The first kappa shape index (κ1) is 23.3. The maximum absolute atomic E-state index is 13.5. The molecule has 2 aromatic heterocycles. The number of pyridine rings is 1. The fourth-order valence-corrected chi connectivity index (χ4v) is 4.72. The molecule has 0 radical (unpaired) electrons. The summed E-state index contributed by atoms with van der Waals surface area (Å²) in [6.45, 7) is 4.09. The minimum Gasteiger partial charge on any atom is -0.486 e. The number of aryl methyl sites for hydroxylation is 1. The van der Waals surface area contributed by atoms with Crippen molar-refractivity contribution < 1.29 is 23.8 Å². The zero-order valence-corrected chi connectivity index (χ0v) is 20.2. The van der Waals surface area contributed by atoms with Gasteiger partial charge in [0.2, 0.25) is 5.91 Å². The Hall–Kier alpha value is -3.50. The predicted octanol–water partition coefficient (Wildman–Crippen LogP) is 2.69. The van der Waals surface area contributed by atoms with Crippen molar-refractivity contribution >= 4 is 23.2 Å². The molecule has 4 heterocycles. The summed E-state index contributed by atoms with van der Waals surface area (Å²) in [5.41, 5.74) is 2.06.